The van der Waals surface area contributed by atoms with Crippen molar-refractivity contribution in [2.75, 3.05) is 26.7 Å². The SMILES string of the molecule is CCOC1=C(F)C=C(C2=C3C(=N)C(C)=CCN=C3N(C)CC2C)CC1. The summed E-state index contributed by atoms with van der Waals surface area (Å²) >= 11 is 0. The van der Waals surface area contributed by atoms with Gasteiger partial charge in [0.05, 0.1) is 18.9 Å². The molecule has 5 heteroatoms. The Labute approximate surface area is 149 Å². The molecule has 0 aromatic rings. The maximum atomic E-state index is 14.5. The number of aliphatic imine (C=N–C) groups is 1. The summed E-state index contributed by atoms with van der Waals surface area (Å²) in [5.74, 6) is 1.23. The molecule has 0 saturated heterocycles. The van der Waals surface area contributed by atoms with Crippen LogP contribution in [0.1, 0.15) is 33.6 Å². The summed E-state index contributed by atoms with van der Waals surface area (Å²) in [4.78, 5) is 6.80. The van der Waals surface area contributed by atoms with Gasteiger partial charge in [-0.05, 0) is 49.0 Å². The average Bonchev–Trinajstić information content (AvgIpc) is 2.71. The average molecular weight is 343 g/mol. The van der Waals surface area contributed by atoms with E-state index >= 15 is 0 Å². The molecule has 0 amide bonds. The van der Waals surface area contributed by atoms with Crippen molar-refractivity contribution in [1.29, 1.82) is 5.41 Å². The largest absolute Gasteiger partial charge is 0.495 e. The van der Waals surface area contributed by atoms with Gasteiger partial charge in [-0.15, -0.1) is 0 Å². The van der Waals surface area contributed by atoms with E-state index in [1.54, 1.807) is 6.08 Å². The molecule has 0 saturated carbocycles. The Morgan fingerprint density at radius 3 is 2.84 bits per heavy atom. The minimum atomic E-state index is -0.284. The Bertz CT molecular complexity index is 755. The van der Waals surface area contributed by atoms with Crippen molar-refractivity contribution in [1.82, 2.24) is 4.90 Å². The van der Waals surface area contributed by atoms with Gasteiger partial charge in [-0.25, -0.2) is 4.39 Å². The van der Waals surface area contributed by atoms with Crippen molar-refractivity contribution < 1.29 is 9.13 Å². The molecule has 0 fully saturated rings. The molecular formula is C20H26FN3O. The highest BCUT2D eigenvalue weighted by Gasteiger charge is 2.34. The lowest BCUT2D eigenvalue weighted by atomic mass is 9.79. The first-order chi connectivity index (χ1) is 11.9. The monoisotopic (exact) mass is 343 g/mol. The molecule has 2 aliphatic heterocycles. The lowest BCUT2D eigenvalue weighted by Crippen LogP contribution is -2.41. The fourth-order valence-corrected chi connectivity index (χ4v) is 3.84. The fourth-order valence-electron chi connectivity index (χ4n) is 3.84. The predicted octanol–water partition coefficient (Wildman–Crippen LogP) is 4.18. The van der Waals surface area contributed by atoms with E-state index in [0.717, 1.165) is 41.1 Å². The molecule has 134 valence electrons. The molecule has 3 rings (SSSR count). The van der Waals surface area contributed by atoms with Gasteiger partial charge in [0.25, 0.3) is 0 Å². The van der Waals surface area contributed by atoms with Crippen LogP contribution < -0.4 is 0 Å². The summed E-state index contributed by atoms with van der Waals surface area (Å²) in [6, 6.07) is 0. The van der Waals surface area contributed by atoms with Crippen LogP contribution in [0, 0.1) is 11.3 Å². The van der Waals surface area contributed by atoms with E-state index in [2.05, 4.69) is 16.8 Å². The van der Waals surface area contributed by atoms with Gasteiger partial charge in [-0.3, -0.25) is 10.4 Å². The third-order valence-electron chi connectivity index (χ3n) is 5.03. The van der Waals surface area contributed by atoms with Gasteiger partial charge in [-0.2, -0.15) is 0 Å². The smallest absolute Gasteiger partial charge is 0.161 e. The standard InChI is InChI=1S/C20H26FN3O/c1-5-25-16-7-6-14(10-15(16)21)17-13(3)11-24(4)20-18(17)19(22)12(2)8-9-23-20/h8,10,13,22H,5-7,9,11H2,1-4H3. The summed E-state index contributed by atoms with van der Waals surface area (Å²) in [6.07, 6.45) is 4.89. The number of likely N-dealkylation sites (N-methyl/N-ethyl adjacent to an activating group) is 1. The van der Waals surface area contributed by atoms with Crippen LogP contribution in [0.15, 0.2) is 51.0 Å². The normalized spacial score (nSPS) is 24.5. The third kappa shape index (κ3) is 3.20. The number of fused-ring (bicyclic) bond motifs is 1. The van der Waals surface area contributed by atoms with E-state index in [1.807, 2.05) is 27.0 Å². The van der Waals surface area contributed by atoms with Crippen molar-refractivity contribution in [3.63, 3.8) is 0 Å². The molecule has 1 atom stereocenters. The summed E-state index contributed by atoms with van der Waals surface area (Å²) < 4.78 is 19.9. The molecule has 1 N–H and O–H groups in total. The van der Waals surface area contributed by atoms with E-state index < -0.39 is 0 Å². The van der Waals surface area contributed by atoms with Gasteiger partial charge >= 0.3 is 0 Å². The first-order valence-electron chi connectivity index (χ1n) is 8.92. The molecule has 0 bridgehead atoms. The lowest BCUT2D eigenvalue weighted by Gasteiger charge is -2.36. The Balaban J connectivity index is 2.15. The second kappa shape index (κ2) is 6.98. The van der Waals surface area contributed by atoms with Crippen molar-refractivity contribution >= 4 is 11.5 Å². The summed E-state index contributed by atoms with van der Waals surface area (Å²) in [5.41, 5.74) is 4.35. The second-order valence-corrected chi connectivity index (χ2v) is 6.87. The van der Waals surface area contributed by atoms with Crippen LogP contribution in [0.25, 0.3) is 0 Å². The third-order valence-corrected chi connectivity index (χ3v) is 5.03. The predicted molar refractivity (Wildman–Crippen MR) is 99.7 cm³/mol. The van der Waals surface area contributed by atoms with Crippen molar-refractivity contribution in [3.05, 3.63) is 46.0 Å². The topological polar surface area (TPSA) is 48.7 Å². The zero-order valence-electron chi connectivity index (χ0n) is 15.4. The highest BCUT2D eigenvalue weighted by atomic mass is 19.1. The van der Waals surface area contributed by atoms with Gasteiger partial charge in [0, 0.05) is 25.6 Å². The molecule has 2 heterocycles. The van der Waals surface area contributed by atoms with E-state index in [-0.39, 0.29) is 11.7 Å². The van der Waals surface area contributed by atoms with Crippen LogP contribution in [0.3, 0.4) is 0 Å². The number of nitrogens with one attached hydrogen (secondary N) is 1. The molecule has 4 nitrogen and oxygen atoms in total. The Kier molecular flexibility index (Phi) is 4.93. The molecule has 0 aromatic heterocycles. The van der Waals surface area contributed by atoms with Gasteiger partial charge < -0.3 is 9.64 Å². The Hall–Kier alpha value is -2.17. The number of hydrogen-bond donors (Lipinski definition) is 1. The minimum absolute atomic E-state index is 0.220. The van der Waals surface area contributed by atoms with Gasteiger partial charge in [0.15, 0.2) is 5.83 Å². The number of allylic oxidation sites excluding steroid dienone is 5. The first kappa shape index (κ1) is 17.6. The molecule has 1 unspecified atom stereocenters. The van der Waals surface area contributed by atoms with Crippen LogP contribution in [-0.4, -0.2) is 43.2 Å². The van der Waals surface area contributed by atoms with Crippen LogP contribution in [0.5, 0.6) is 0 Å². The molecule has 3 aliphatic rings. The maximum absolute atomic E-state index is 14.5. The number of ether oxygens (including phenoxy) is 1. The maximum Gasteiger partial charge on any atom is 0.161 e. The number of hydrogen-bond acceptors (Lipinski definition) is 4. The second-order valence-electron chi connectivity index (χ2n) is 6.87. The molecule has 0 aromatic carbocycles. The molecule has 0 spiro atoms. The number of rotatable bonds is 3. The zero-order chi connectivity index (χ0) is 18.1. The van der Waals surface area contributed by atoms with Crippen LogP contribution in [0.4, 0.5) is 4.39 Å². The minimum Gasteiger partial charge on any atom is -0.495 e. The summed E-state index contributed by atoms with van der Waals surface area (Å²) in [6.45, 7) is 7.85. The van der Waals surface area contributed by atoms with Crippen LogP contribution in [0.2, 0.25) is 0 Å². The van der Waals surface area contributed by atoms with Gasteiger partial charge in [-0.1, -0.05) is 13.0 Å². The van der Waals surface area contributed by atoms with E-state index in [9.17, 15) is 4.39 Å². The van der Waals surface area contributed by atoms with Crippen LogP contribution in [-0.2, 0) is 4.74 Å². The Morgan fingerprint density at radius 1 is 1.40 bits per heavy atom. The van der Waals surface area contributed by atoms with Gasteiger partial charge in [0.1, 0.15) is 11.6 Å². The first-order valence-corrected chi connectivity index (χ1v) is 8.92. The Morgan fingerprint density at radius 2 is 2.16 bits per heavy atom. The fraction of sp³-hybridized carbons (Fsp3) is 0.500. The molecule has 0 radical (unpaired) electrons. The summed E-state index contributed by atoms with van der Waals surface area (Å²) in [7, 11) is 2.02. The molecule has 1 aliphatic carbocycles. The summed E-state index contributed by atoms with van der Waals surface area (Å²) in [5, 5.41) is 8.65. The molecular weight excluding hydrogens is 317 g/mol. The van der Waals surface area contributed by atoms with E-state index in [0.29, 0.717) is 31.0 Å². The van der Waals surface area contributed by atoms with Crippen LogP contribution >= 0.6 is 0 Å². The molecule has 25 heavy (non-hydrogen) atoms. The highest BCUT2D eigenvalue weighted by molar-refractivity contribution is 6.29. The van der Waals surface area contributed by atoms with Crippen molar-refractivity contribution in [3.8, 4) is 0 Å². The highest BCUT2D eigenvalue weighted by Crippen LogP contribution is 2.38. The van der Waals surface area contributed by atoms with Crippen molar-refractivity contribution in [2.45, 2.75) is 33.6 Å². The quantitative estimate of drug-likeness (QED) is 0.836. The number of nitrogens with zero attached hydrogens (tertiary/aromatic N) is 2. The lowest BCUT2D eigenvalue weighted by molar-refractivity contribution is 0.206. The van der Waals surface area contributed by atoms with Gasteiger partial charge in [0.2, 0.25) is 0 Å². The van der Waals surface area contributed by atoms with Crippen molar-refractivity contribution in [2.24, 2.45) is 10.9 Å². The number of amidine groups is 1. The van der Waals surface area contributed by atoms with E-state index in [4.69, 9.17) is 10.1 Å². The zero-order valence-corrected chi connectivity index (χ0v) is 15.4. The van der Waals surface area contributed by atoms with E-state index in [1.165, 1.54) is 0 Å². The number of halogens is 1.